The second-order valence-electron chi connectivity index (χ2n) is 7.76. The van der Waals surface area contributed by atoms with Crippen LogP contribution in [-0.4, -0.2) is 57.4 Å². The zero-order chi connectivity index (χ0) is 19.0. The monoisotopic (exact) mass is 392 g/mol. The predicted octanol–water partition coefficient (Wildman–Crippen LogP) is 1.63. The number of guanidine groups is 1. The maximum absolute atomic E-state index is 11.3. The number of sulfonamides is 1. The Morgan fingerprint density at radius 3 is 2.37 bits per heavy atom. The summed E-state index contributed by atoms with van der Waals surface area (Å²) in [6.07, 6.45) is 4.46. The number of benzene rings is 1. The van der Waals surface area contributed by atoms with Crippen molar-refractivity contribution in [2.45, 2.75) is 38.5 Å². The quantitative estimate of drug-likeness (QED) is 0.588. The molecule has 3 aliphatic heterocycles. The number of nitrogens with one attached hydrogen (secondary N) is 2. The van der Waals surface area contributed by atoms with Crippen molar-refractivity contribution in [3.63, 3.8) is 0 Å². The summed E-state index contributed by atoms with van der Waals surface area (Å²) in [7, 11) is -3.25. The third-order valence-corrected chi connectivity index (χ3v) is 6.36. The Labute approximate surface area is 161 Å². The van der Waals surface area contributed by atoms with Gasteiger partial charge in [-0.1, -0.05) is 12.1 Å². The minimum Gasteiger partial charge on any atom is -0.374 e. The Bertz CT molecular complexity index is 791. The molecule has 0 aliphatic carbocycles. The lowest BCUT2D eigenvalue weighted by atomic mass is 9.82. The molecule has 148 valence electrons. The van der Waals surface area contributed by atoms with Gasteiger partial charge in [-0.3, -0.25) is 4.72 Å². The fourth-order valence-electron chi connectivity index (χ4n) is 4.62. The fourth-order valence-corrected chi connectivity index (χ4v) is 5.18. The highest BCUT2D eigenvalue weighted by atomic mass is 32.2. The van der Waals surface area contributed by atoms with Gasteiger partial charge in [0.2, 0.25) is 10.0 Å². The summed E-state index contributed by atoms with van der Waals surface area (Å²) in [5.74, 6) is 2.26. The van der Waals surface area contributed by atoms with Crippen molar-refractivity contribution in [3.05, 3.63) is 29.8 Å². The Hall–Kier alpha value is -1.80. The van der Waals surface area contributed by atoms with Gasteiger partial charge in [-0.2, -0.15) is 0 Å². The molecule has 7 nitrogen and oxygen atoms in total. The van der Waals surface area contributed by atoms with E-state index in [-0.39, 0.29) is 0 Å². The van der Waals surface area contributed by atoms with Crippen LogP contribution in [0.3, 0.4) is 0 Å². The molecular formula is C19H28N4O3S. The lowest BCUT2D eigenvalue weighted by Gasteiger charge is -2.23. The van der Waals surface area contributed by atoms with E-state index in [1.807, 2.05) is 12.1 Å². The second-order valence-corrected chi connectivity index (χ2v) is 9.51. The molecule has 1 aromatic rings. The first-order valence-corrected chi connectivity index (χ1v) is 11.6. The van der Waals surface area contributed by atoms with E-state index in [0.29, 0.717) is 36.3 Å². The molecule has 0 saturated carbocycles. The van der Waals surface area contributed by atoms with Crippen LogP contribution in [0.4, 0.5) is 5.69 Å². The first kappa shape index (κ1) is 18.6. The van der Waals surface area contributed by atoms with Crippen LogP contribution >= 0.6 is 0 Å². The summed E-state index contributed by atoms with van der Waals surface area (Å²) in [6.45, 7) is 5.54. The Morgan fingerprint density at radius 2 is 1.81 bits per heavy atom. The maximum atomic E-state index is 11.3. The highest BCUT2D eigenvalue weighted by Gasteiger charge is 2.53. The lowest BCUT2D eigenvalue weighted by molar-refractivity contribution is 0.0767. The number of fused-ring (bicyclic) bond motifs is 5. The number of rotatable bonds is 5. The lowest BCUT2D eigenvalue weighted by Crippen LogP contribution is -2.41. The average molecular weight is 393 g/mol. The molecule has 0 amide bonds. The van der Waals surface area contributed by atoms with E-state index in [2.05, 4.69) is 21.9 Å². The van der Waals surface area contributed by atoms with Crippen LogP contribution in [0.2, 0.25) is 0 Å². The van der Waals surface area contributed by atoms with Crippen LogP contribution in [0.1, 0.15) is 25.3 Å². The molecule has 0 spiro atoms. The summed E-state index contributed by atoms with van der Waals surface area (Å²) in [5.41, 5.74) is 1.62. The molecule has 3 fully saturated rings. The summed E-state index contributed by atoms with van der Waals surface area (Å²) in [4.78, 5) is 7.20. The van der Waals surface area contributed by atoms with Crippen molar-refractivity contribution in [2.24, 2.45) is 16.8 Å². The molecule has 0 aromatic heterocycles. The van der Waals surface area contributed by atoms with Crippen LogP contribution in [0, 0.1) is 11.8 Å². The van der Waals surface area contributed by atoms with Crippen molar-refractivity contribution >= 4 is 21.7 Å². The summed E-state index contributed by atoms with van der Waals surface area (Å²) >= 11 is 0. The van der Waals surface area contributed by atoms with Gasteiger partial charge in [-0.15, -0.1) is 0 Å². The summed E-state index contributed by atoms with van der Waals surface area (Å²) in [5, 5.41) is 3.42. The first-order chi connectivity index (χ1) is 12.9. The summed E-state index contributed by atoms with van der Waals surface area (Å²) in [6, 6.07) is 7.36. The van der Waals surface area contributed by atoms with Crippen molar-refractivity contribution < 1.29 is 13.2 Å². The average Bonchev–Trinajstić information content (AvgIpc) is 3.31. The molecule has 3 heterocycles. The predicted molar refractivity (Wildman–Crippen MR) is 106 cm³/mol. The molecule has 3 aliphatic rings. The van der Waals surface area contributed by atoms with Crippen LogP contribution in [0.15, 0.2) is 29.3 Å². The Kier molecular flexibility index (Phi) is 5.03. The van der Waals surface area contributed by atoms with Crippen molar-refractivity contribution in [1.29, 1.82) is 0 Å². The topological polar surface area (TPSA) is 83.0 Å². The fraction of sp³-hybridized carbons (Fsp3) is 0.632. The van der Waals surface area contributed by atoms with Crippen LogP contribution in [0.25, 0.3) is 0 Å². The molecule has 2 N–H and O–H groups in total. The largest absolute Gasteiger partial charge is 0.374 e. The normalized spacial score (nSPS) is 29.9. The molecule has 4 unspecified atom stereocenters. The minimum atomic E-state index is -3.25. The van der Waals surface area contributed by atoms with Gasteiger partial charge in [-0.25, -0.2) is 13.4 Å². The van der Waals surface area contributed by atoms with Gasteiger partial charge in [0.1, 0.15) is 0 Å². The molecular weight excluding hydrogens is 364 g/mol. The van der Waals surface area contributed by atoms with Crippen LogP contribution in [0.5, 0.6) is 0 Å². The Balaban J connectivity index is 1.41. The Morgan fingerprint density at radius 1 is 1.19 bits per heavy atom. The molecule has 3 saturated heterocycles. The van der Waals surface area contributed by atoms with Crippen LogP contribution < -0.4 is 10.0 Å². The molecule has 2 bridgehead atoms. The smallest absolute Gasteiger partial charge is 0.229 e. The van der Waals surface area contributed by atoms with E-state index in [9.17, 15) is 8.42 Å². The van der Waals surface area contributed by atoms with Crippen molar-refractivity contribution in [3.8, 4) is 0 Å². The van der Waals surface area contributed by atoms with Crippen molar-refractivity contribution in [1.82, 2.24) is 10.2 Å². The third kappa shape index (κ3) is 4.06. The van der Waals surface area contributed by atoms with Gasteiger partial charge >= 0.3 is 0 Å². The van der Waals surface area contributed by atoms with E-state index in [1.54, 1.807) is 12.1 Å². The van der Waals surface area contributed by atoms with Gasteiger partial charge in [0.25, 0.3) is 0 Å². The second kappa shape index (κ2) is 7.31. The van der Waals surface area contributed by atoms with E-state index >= 15 is 0 Å². The van der Waals surface area contributed by atoms with E-state index < -0.39 is 10.0 Å². The number of anilines is 1. The molecule has 0 radical (unpaired) electrons. The van der Waals surface area contributed by atoms with Crippen LogP contribution in [-0.2, 0) is 21.3 Å². The zero-order valence-electron chi connectivity index (χ0n) is 15.9. The summed E-state index contributed by atoms with van der Waals surface area (Å²) < 4.78 is 31.1. The van der Waals surface area contributed by atoms with E-state index in [0.717, 1.165) is 37.4 Å². The molecule has 4 atom stereocenters. The van der Waals surface area contributed by atoms with Gasteiger partial charge in [0.05, 0.1) is 25.0 Å². The zero-order valence-corrected chi connectivity index (χ0v) is 16.7. The number of aliphatic imine (C=N–C) groups is 1. The highest BCUT2D eigenvalue weighted by Crippen LogP contribution is 2.47. The van der Waals surface area contributed by atoms with Gasteiger partial charge in [0.15, 0.2) is 5.96 Å². The van der Waals surface area contributed by atoms with Gasteiger partial charge in [0, 0.05) is 37.2 Å². The van der Waals surface area contributed by atoms with E-state index in [4.69, 9.17) is 9.73 Å². The van der Waals surface area contributed by atoms with Gasteiger partial charge in [-0.05, 0) is 37.5 Å². The SMILES string of the molecule is CCNC(=NCc1ccc(NS(C)(=O)=O)cc1)N1CC2C3CCC(O3)C2C1. The number of hydrogen-bond donors (Lipinski definition) is 2. The highest BCUT2D eigenvalue weighted by molar-refractivity contribution is 7.92. The number of nitrogens with zero attached hydrogens (tertiary/aromatic N) is 2. The molecule has 27 heavy (non-hydrogen) atoms. The van der Waals surface area contributed by atoms with E-state index in [1.165, 1.54) is 12.8 Å². The molecule has 4 rings (SSSR count). The molecule has 1 aromatic carbocycles. The number of hydrogen-bond acceptors (Lipinski definition) is 4. The third-order valence-electron chi connectivity index (χ3n) is 5.76. The standard InChI is InChI=1S/C19H28N4O3S/c1-3-20-19(23-11-15-16(12-23)18-9-8-17(15)26-18)21-10-13-4-6-14(7-5-13)22-27(2,24)25/h4-7,15-18,22H,3,8-12H2,1-2H3,(H,20,21). The number of likely N-dealkylation sites (tertiary alicyclic amines) is 1. The minimum absolute atomic E-state index is 0.447. The maximum Gasteiger partial charge on any atom is 0.229 e. The van der Waals surface area contributed by atoms with Crippen molar-refractivity contribution in [2.75, 3.05) is 30.6 Å². The number of ether oxygens (including phenoxy) is 1. The first-order valence-electron chi connectivity index (χ1n) is 9.68. The molecule has 8 heteroatoms. The van der Waals surface area contributed by atoms with Gasteiger partial charge < -0.3 is 15.0 Å².